The van der Waals surface area contributed by atoms with Crippen LogP contribution in [0.2, 0.25) is 0 Å². The molecular weight excluding hydrogens is 228 g/mol. The third-order valence-corrected chi connectivity index (χ3v) is 4.34. The third kappa shape index (κ3) is 3.38. The van der Waals surface area contributed by atoms with E-state index in [1.165, 1.54) is 0 Å². The molecule has 0 N–H and O–H groups in total. The van der Waals surface area contributed by atoms with Crippen molar-refractivity contribution in [2.75, 3.05) is 0 Å². The standard InChI is InChI=1S/C14H22N2O2/c1-13(2,15-9-17)11-6-5-7-12(8-11)14(3,4)16-10-18/h11-12H,5-8H2,1-4H3. The Balaban J connectivity index is 2.84. The second kappa shape index (κ2) is 5.60. The fraction of sp³-hybridized carbons (Fsp3) is 0.857. The SMILES string of the molecule is CC(C)(N=C=O)C1CCCC(C(C)(C)N=C=O)C1. The van der Waals surface area contributed by atoms with Crippen LogP contribution in [-0.4, -0.2) is 23.2 Å². The molecule has 0 aromatic rings. The van der Waals surface area contributed by atoms with Gasteiger partial charge in [0, 0.05) is 0 Å². The van der Waals surface area contributed by atoms with E-state index in [2.05, 4.69) is 9.98 Å². The minimum Gasteiger partial charge on any atom is -0.211 e. The van der Waals surface area contributed by atoms with Crippen molar-refractivity contribution in [1.29, 1.82) is 0 Å². The molecule has 4 heteroatoms. The molecule has 1 aliphatic carbocycles. The first-order valence-corrected chi connectivity index (χ1v) is 6.51. The molecule has 0 aliphatic heterocycles. The van der Waals surface area contributed by atoms with Crippen molar-refractivity contribution >= 4 is 12.2 Å². The fourth-order valence-electron chi connectivity index (χ4n) is 2.89. The van der Waals surface area contributed by atoms with E-state index in [9.17, 15) is 9.59 Å². The minimum absolute atomic E-state index is 0.346. The summed E-state index contributed by atoms with van der Waals surface area (Å²) < 4.78 is 0. The smallest absolute Gasteiger partial charge is 0.211 e. The molecule has 1 rings (SSSR count). The molecule has 0 heterocycles. The molecule has 0 radical (unpaired) electrons. The molecule has 1 aliphatic rings. The Morgan fingerprint density at radius 1 is 0.889 bits per heavy atom. The summed E-state index contributed by atoms with van der Waals surface area (Å²) in [6, 6.07) is 0. The Hall–Kier alpha value is -1.24. The van der Waals surface area contributed by atoms with E-state index in [4.69, 9.17) is 0 Å². The van der Waals surface area contributed by atoms with Gasteiger partial charge < -0.3 is 0 Å². The number of hydrogen-bond donors (Lipinski definition) is 0. The second-order valence-corrected chi connectivity index (χ2v) is 6.27. The van der Waals surface area contributed by atoms with Crippen molar-refractivity contribution in [3.05, 3.63) is 0 Å². The number of carbonyl (C=O) groups excluding carboxylic acids is 2. The van der Waals surface area contributed by atoms with Crippen LogP contribution in [0.1, 0.15) is 53.4 Å². The average Bonchev–Trinajstić information content (AvgIpc) is 2.29. The van der Waals surface area contributed by atoms with Crippen LogP contribution in [0.25, 0.3) is 0 Å². The summed E-state index contributed by atoms with van der Waals surface area (Å²) in [5, 5.41) is 0. The minimum atomic E-state index is -0.374. The van der Waals surface area contributed by atoms with Gasteiger partial charge in [-0.05, 0) is 58.8 Å². The maximum Gasteiger partial charge on any atom is 0.235 e. The summed E-state index contributed by atoms with van der Waals surface area (Å²) in [4.78, 5) is 28.8. The maximum absolute atomic E-state index is 10.5. The zero-order valence-electron chi connectivity index (χ0n) is 11.7. The highest BCUT2D eigenvalue weighted by atomic mass is 16.1. The highest BCUT2D eigenvalue weighted by Crippen LogP contribution is 2.42. The van der Waals surface area contributed by atoms with E-state index in [0.29, 0.717) is 11.8 Å². The molecule has 0 aromatic heterocycles. The number of aliphatic imine (C=N–C) groups is 2. The molecule has 0 aromatic carbocycles. The molecule has 0 spiro atoms. The quantitative estimate of drug-likeness (QED) is 0.568. The van der Waals surface area contributed by atoms with Crippen LogP contribution in [0.5, 0.6) is 0 Å². The number of nitrogens with zero attached hydrogens (tertiary/aromatic N) is 2. The lowest BCUT2D eigenvalue weighted by atomic mass is 9.67. The van der Waals surface area contributed by atoms with Crippen LogP contribution in [0.15, 0.2) is 9.98 Å². The van der Waals surface area contributed by atoms with Gasteiger partial charge in [0.1, 0.15) is 0 Å². The molecule has 1 saturated carbocycles. The Labute approximate surface area is 109 Å². The van der Waals surface area contributed by atoms with E-state index in [-0.39, 0.29) is 11.1 Å². The van der Waals surface area contributed by atoms with Gasteiger partial charge in [0.2, 0.25) is 12.2 Å². The van der Waals surface area contributed by atoms with Gasteiger partial charge in [0.15, 0.2) is 0 Å². The van der Waals surface area contributed by atoms with E-state index >= 15 is 0 Å². The fourth-order valence-corrected chi connectivity index (χ4v) is 2.89. The molecular formula is C14H22N2O2. The van der Waals surface area contributed by atoms with Crippen molar-refractivity contribution < 1.29 is 9.59 Å². The van der Waals surface area contributed by atoms with Crippen molar-refractivity contribution in [1.82, 2.24) is 0 Å². The molecule has 0 amide bonds. The second-order valence-electron chi connectivity index (χ2n) is 6.27. The highest BCUT2D eigenvalue weighted by Gasteiger charge is 2.39. The molecule has 18 heavy (non-hydrogen) atoms. The number of isocyanates is 2. The molecule has 2 unspecified atom stereocenters. The first kappa shape index (κ1) is 14.8. The first-order valence-electron chi connectivity index (χ1n) is 6.51. The zero-order valence-corrected chi connectivity index (χ0v) is 11.7. The van der Waals surface area contributed by atoms with E-state index in [1.54, 1.807) is 12.2 Å². The van der Waals surface area contributed by atoms with Gasteiger partial charge in [0.05, 0.1) is 11.1 Å². The zero-order chi connectivity index (χ0) is 13.8. The lowest BCUT2D eigenvalue weighted by Crippen LogP contribution is -2.39. The Morgan fingerprint density at radius 3 is 1.61 bits per heavy atom. The van der Waals surface area contributed by atoms with Crippen molar-refractivity contribution in [2.24, 2.45) is 21.8 Å². The summed E-state index contributed by atoms with van der Waals surface area (Å²) in [6.45, 7) is 7.89. The molecule has 4 nitrogen and oxygen atoms in total. The van der Waals surface area contributed by atoms with Gasteiger partial charge in [0.25, 0.3) is 0 Å². The first-order chi connectivity index (χ1) is 8.33. The molecule has 0 bridgehead atoms. The van der Waals surface area contributed by atoms with Gasteiger partial charge in [-0.15, -0.1) is 0 Å². The van der Waals surface area contributed by atoms with Crippen LogP contribution in [0, 0.1) is 11.8 Å². The number of hydrogen-bond acceptors (Lipinski definition) is 4. The van der Waals surface area contributed by atoms with Crippen LogP contribution >= 0.6 is 0 Å². The van der Waals surface area contributed by atoms with Gasteiger partial charge >= 0.3 is 0 Å². The largest absolute Gasteiger partial charge is 0.235 e. The van der Waals surface area contributed by atoms with Gasteiger partial charge in [-0.25, -0.2) is 9.59 Å². The van der Waals surface area contributed by atoms with E-state index < -0.39 is 0 Å². The summed E-state index contributed by atoms with van der Waals surface area (Å²) in [5.41, 5.74) is -0.747. The third-order valence-electron chi connectivity index (χ3n) is 4.34. The lowest BCUT2D eigenvalue weighted by Gasteiger charge is -2.41. The normalized spacial score (nSPS) is 24.9. The summed E-state index contributed by atoms with van der Waals surface area (Å²) in [6.07, 6.45) is 7.51. The van der Waals surface area contributed by atoms with Crippen LogP contribution in [0.3, 0.4) is 0 Å². The Bertz CT molecular complexity index is 353. The van der Waals surface area contributed by atoms with Crippen LogP contribution in [0.4, 0.5) is 0 Å². The van der Waals surface area contributed by atoms with Crippen molar-refractivity contribution in [3.8, 4) is 0 Å². The van der Waals surface area contributed by atoms with Gasteiger partial charge in [-0.1, -0.05) is 6.42 Å². The highest BCUT2D eigenvalue weighted by molar-refractivity contribution is 5.35. The van der Waals surface area contributed by atoms with Gasteiger partial charge in [-0.2, -0.15) is 9.98 Å². The molecule has 0 saturated heterocycles. The van der Waals surface area contributed by atoms with Crippen molar-refractivity contribution in [2.45, 2.75) is 64.5 Å². The molecule has 100 valence electrons. The maximum atomic E-state index is 10.5. The molecule has 1 fully saturated rings. The topological polar surface area (TPSA) is 58.9 Å². The number of rotatable bonds is 4. The molecule has 2 atom stereocenters. The average molecular weight is 250 g/mol. The summed E-state index contributed by atoms with van der Waals surface area (Å²) >= 11 is 0. The van der Waals surface area contributed by atoms with Crippen LogP contribution in [-0.2, 0) is 9.59 Å². The monoisotopic (exact) mass is 250 g/mol. The van der Waals surface area contributed by atoms with Crippen molar-refractivity contribution in [3.63, 3.8) is 0 Å². The predicted octanol–water partition coefficient (Wildman–Crippen LogP) is 3.02. The lowest BCUT2D eigenvalue weighted by molar-refractivity contribution is 0.144. The predicted molar refractivity (Wildman–Crippen MR) is 69.8 cm³/mol. The van der Waals surface area contributed by atoms with E-state index in [1.807, 2.05) is 27.7 Å². The summed E-state index contributed by atoms with van der Waals surface area (Å²) in [7, 11) is 0. The summed E-state index contributed by atoms with van der Waals surface area (Å²) in [5.74, 6) is 0.692. The van der Waals surface area contributed by atoms with E-state index in [0.717, 1.165) is 25.7 Å². The van der Waals surface area contributed by atoms with Crippen LogP contribution < -0.4 is 0 Å². The Kier molecular flexibility index (Phi) is 4.61. The van der Waals surface area contributed by atoms with Gasteiger partial charge in [-0.3, -0.25) is 0 Å². The Morgan fingerprint density at radius 2 is 1.28 bits per heavy atom.